The summed E-state index contributed by atoms with van der Waals surface area (Å²) >= 11 is 6.08. The highest BCUT2D eigenvalue weighted by atomic mass is 35.5. The maximum absolute atomic E-state index is 6.08. The minimum absolute atomic E-state index is 0.706. The van der Waals surface area contributed by atoms with Gasteiger partial charge in [0.15, 0.2) is 0 Å². The first-order valence-electron chi connectivity index (χ1n) is 6.35. The molecule has 0 aliphatic carbocycles. The van der Waals surface area contributed by atoms with E-state index in [-0.39, 0.29) is 0 Å². The zero-order valence-electron chi connectivity index (χ0n) is 10.3. The van der Waals surface area contributed by atoms with Crippen molar-refractivity contribution in [2.75, 3.05) is 19.7 Å². The Morgan fingerprint density at radius 1 is 1.47 bits per heavy atom. The van der Waals surface area contributed by atoms with E-state index in [0.717, 1.165) is 31.2 Å². The zero-order chi connectivity index (χ0) is 12.1. The van der Waals surface area contributed by atoms with Crippen molar-refractivity contribution in [2.45, 2.75) is 26.2 Å². The summed E-state index contributed by atoms with van der Waals surface area (Å²) in [6, 6.07) is 5.90. The van der Waals surface area contributed by atoms with E-state index >= 15 is 0 Å². The van der Waals surface area contributed by atoms with Crippen LogP contribution in [0.4, 0.5) is 0 Å². The van der Waals surface area contributed by atoms with Crippen molar-refractivity contribution in [1.29, 1.82) is 0 Å². The molecule has 1 aromatic carbocycles. The maximum Gasteiger partial charge on any atom is 0.138 e. The Balaban J connectivity index is 1.79. The molecule has 1 saturated heterocycles. The summed E-state index contributed by atoms with van der Waals surface area (Å²) in [5, 5.41) is 4.13. The third-order valence-electron chi connectivity index (χ3n) is 3.27. The molecule has 1 fully saturated rings. The summed E-state index contributed by atoms with van der Waals surface area (Å²) in [7, 11) is 0. The van der Waals surface area contributed by atoms with Gasteiger partial charge in [0.2, 0.25) is 0 Å². The van der Waals surface area contributed by atoms with E-state index in [1.165, 1.54) is 24.9 Å². The molecule has 0 unspecified atom stereocenters. The number of aryl methyl sites for hydroxylation is 1. The second-order valence-corrected chi connectivity index (χ2v) is 5.19. The molecule has 0 aromatic heterocycles. The summed E-state index contributed by atoms with van der Waals surface area (Å²) in [6.07, 6.45) is 3.71. The average molecular weight is 254 g/mol. The molecule has 1 heterocycles. The summed E-state index contributed by atoms with van der Waals surface area (Å²) < 4.78 is 5.76. The third-order valence-corrected chi connectivity index (χ3v) is 3.58. The lowest BCUT2D eigenvalue weighted by molar-refractivity contribution is 0.254. The molecule has 94 valence electrons. The number of piperidine rings is 1. The highest BCUT2D eigenvalue weighted by molar-refractivity contribution is 6.32. The molecule has 0 bridgehead atoms. The van der Waals surface area contributed by atoms with Crippen LogP contribution in [0.5, 0.6) is 5.75 Å². The number of nitrogens with one attached hydrogen (secondary N) is 1. The number of hydrogen-bond acceptors (Lipinski definition) is 2. The Morgan fingerprint density at radius 3 is 3.12 bits per heavy atom. The Hall–Kier alpha value is -0.730. The van der Waals surface area contributed by atoms with Crippen molar-refractivity contribution in [3.8, 4) is 5.75 Å². The molecule has 0 radical (unpaired) electrons. The van der Waals surface area contributed by atoms with Crippen molar-refractivity contribution in [3.05, 3.63) is 28.8 Å². The monoisotopic (exact) mass is 253 g/mol. The lowest BCUT2D eigenvalue weighted by atomic mass is 9.97. The molecule has 1 N–H and O–H groups in total. The van der Waals surface area contributed by atoms with E-state index in [2.05, 4.69) is 5.32 Å². The number of ether oxygens (including phenoxy) is 1. The van der Waals surface area contributed by atoms with Crippen LogP contribution >= 0.6 is 11.6 Å². The largest absolute Gasteiger partial charge is 0.492 e. The van der Waals surface area contributed by atoms with Crippen LogP contribution in [0, 0.1) is 12.8 Å². The van der Waals surface area contributed by atoms with Crippen molar-refractivity contribution in [1.82, 2.24) is 5.32 Å². The van der Waals surface area contributed by atoms with Gasteiger partial charge in [-0.15, -0.1) is 0 Å². The Bertz CT molecular complexity index is 361. The van der Waals surface area contributed by atoms with Gasteiger partial charge in [0.25, 0.3) is 0 Å². The fraction of sp³-hybridized carbons (Fsp3) is 0.571. The molecule has 1 atom stereocenters. The second kappa shape index (κ2) is 6.27. The van der Waals surface area contributed by atoms with Gasteiger partial charge in [-0.3, -0.25) is 0 Å². The normalized spacial score (nSPS) is 20.2. The minimum atomic E-state index is 0.706. The molecule has 17 heavy (non-hydrogen) atoms. The van der Waals surface area contributed by atoms with E-state index in [9.17, 15) is 0 Å². The van der Waals surface area contributed by atoms with Gasteiger partial charge in [0.05, 0.1) is 11.6 Å². The lowest BCUT2D eigenvalue weighted by Gasteiger charge is -2.22. The molecule has 3 heteroatoms. The molecule has 1 aromatic rings. The standard InChI is InChI=1S/C14H20ClNO/c1-11-4-5-13(15)14(9-11)17-8-6-12-3-2-7-16-10-12/h4-5,9,12,16H,2-3,6-8,10H2,1H3/t12-/m0/s1. The number of halogens is 1. The quantitative estimate of drug-likeness (QED) is 0.888. The molecular formula is C14H20ClNO. The van der Waals surface area contributed by atoms with Crippen LogP contribution in [-0.4, -0.2) is 19.7 Å². The van der Waals surface area contributed by atoms with E-state index < -0.39 is 0 Å². The predicted octanol–water partition coefficient (Wildman–Crippen LogP) is 3.42. The van der Waals surface area contributed by atoms with Gasteiger partial charge in [0.1, 0.15) is 5.75 Å². The SMILES string of the molecule is Cc1ccc(Cl)c(OCC[C@@H]2CCCNC2)c1. The van der Waals surface area contributed by atoms with Gasteiger partial charge >= 0.3 is 0 Å². The Morgan fingerprint density at radius 2 is 2.35 bits per heavy atom. The summed E-state index contributed by atoms with van der Waals surface area (Å²) in [5.74, 6) is 1.57. The summed E-state index contributed by atoms with van der Waals surface area (Å²) in [6.45, 7) is 5.11. The predicted molar refractivity (Wildman–Crippen MR) is 71.9 cm³/mol. The summed E-state index contributed by atoms with van der Waals surface area (Å²) in [4.78, 5) is 0. The zero-order valence-corrected chi connectivity index (χ0v) is 11.1. The van der Waals surface area contributed by atoms with Crippen molar-refractivity contribution in [2.24, 2.45) is 5.92 Å². The first-order valence-corrected chi connectivity index (χ1v) is 6.73. The molecule has 2 rings (SSSR count). The molecule has 0 spiro atoms. The van der Waals surface area contributed by atoms with E-state index in [0.29, 0.717) is 5.02 Å². The third kappa shape index (κ3) is 3.90. The highest BCUT2D eigenvalue weighted by Crippen LogP contribution is 2.26. The van der Waals surface area contributed by atoms with Gasteiger partial charge in [-0.2, -0.15) is 0 Å². The van der Waals surface area contributed by atoms with E-state index in [1.807, 2.05) is 25.1 Å². The van der Waals surface area contributed by atoms with Crippen molar-refractivity contribution in [3.63, 3.8) is 0 Å². The number of rotatable bonds is 4. The van der Waals surface area contributed by atoms with E-state index in [1.54, 1.807) is 0 Å². The van der Waals surface area contributed by atoms with Gasteiger partial charge in [-0.25, -0.2) is 0 Å². The maximum atomic E-state index is 6.08. The van der Waals surface area contributed by atoms with Crippen LogP contribution in [0.1, 0.15) is 24.8 Å². The van der Waals surface area contributed by atoms with E-state index in [4.69, 9.17) is 16.3 Å². The topological polar surface area (TPSA) is 21.3 Å². The molecule has 1 aliphatic rings. The molecule has 0 saturated carbocycles. The minimum Gasteiger partial charge on any atom is -0.492 e. The van der Waals surface area contributed by atoms with Crippen LogP contribution in [0.3, 0.4) is 0 Å². The first kappa shape index (κ1) is 12.7. The van der Waals surface area contributed by atoms with Crippen LogP contribution in [0.2, 0.25) is 5.02 Å². The molecule has 0 amide bonds. The molecular weight excluding hydrogens is 234 g/mol. The smallest absolute Gasteiger partial charge is 0.138 e. The van der Waals surface area contributed by atoms with Crippen LogP contribution < -0.4 is 10.1 Å². The molecule has 2 nitrogen and oxygen atoms in total. The molecule has 1 aliphatic heterocycles. The van der Waals surface area contributed by atoms with Gasteiger partial charge in [-0.05, 0) is 62.9 Å². The fourth-order valence-corrected chi connectivity index (χ4v) is 2.40. The second-order valence-electron chi connectivity index (χ2n) is 4.78. The summed E-state index contributed by atoms with van der Waals surface area (Å²) in [5.41, 5.74) is 1.18. The number of benzene rings is 1. The van der Waals surface area contributed by atoms with Crippen molar-refractivity contribution >= 4 is 11.6 Å². The number of hydrogen-bond donors (Lipinski definition) is 1. The van der Waals surface area contributed by atoms with Crippen LogP contribution in [0.15, 0.2) is 18.2 Å². The van der Waals surface area contributed by atoms with Gasteiger partial charge in [-0.1, -0.05) is 17.7 Å². The van der Waals surface area contributed by atoms with Gasteiger partial charge in [0, 0.05) is 0 Å². The first-order chi connectivity index (χ1) is 8.25. The average Bonchev–Trinajstić information content (AvgIpc) is 2.35. The van der Waals surface area contributed by atoms with Crippen molar-refractivity contribution < 1.29 is 4.74 Å². The lowest BCUT2D eigenvalue weighted by Crippen LogP contribution is -2.30. The van der Waals surface area contributed by atoms with Gasteiger partial charge < -0.3 is 10.1 Å². The van der Waals surface area contributed by atoms with Crippen LogP contribution in [0.25, 0.3) is 0 Å². The highest BCUT2D eigenvalue weighted by Gasteiger charge is 2.12. The Labute approximate surface area is 108 Å². The van der Waals surface area contributed by atoms with Crippen LogP contribution in [-0.2, 0) is 0 Å². The fourth-order valence-electron chi connectivity index (χ4n) is 2.23. The Kier molecular flexibility index (Phi) is 4.69.